The third-order valence-corrected chi connectivity index (χ3v) is 14.4. The lowest BCUT2D eigenvalue weighted by Crippen LogP contribution is -2.76. The van der Waals surface area contributed by atoms with Gasteiger partial charge in [-0.2, -0.15) is 4.98 Å². The molecular weight excluding hydrogens is 643 g/mol. The maximum atomic E-state index is 5.60. The number of hydrogen-bond donors (Lipinski definition) is 0. The van der Waals surface area contributed by atoms with Gasteiger partial charge in [-0.3, -0.25) is 19.1 Å². The van der Waals surface area contributed by atoms with Crippen molar-refractivity contribution in [1.82, 2.24) is 34.1 Å². The molecule has 0 aliphatic carbocycles. The molecule has 0 fully saturated rings. The molecule has 0 radical (unpaired) electrons. The van der Waals surface area contributed by atoms with Gasteiger partial charge in [0.25, 0.3) is 0 Å². The summed E-state index contributed by atoms with van der Waals surface area (Å²) < 4.78 is 4.30. The molecule has 51 heavy (non-hydrogen) atoms. The van der Waals surface area contributed by atoms with Crippen molar-refractivity contribution in [3.63, 3.8) is 0 Å². The van der Waals surface area contributed by atoms with Gasteiger partial charge in [-0.25, -0.2) is 9.97 Å². The number of benzene rings is 5. The third-order valence-electron chi connectivity index (χ3n) is 9.92. The van der Waals surface area contributed by atoms with Crippen molar-refractivity contribution >= 4 is 72.7 Å². The zero-order valence-corrected chi connectivity index (χ0v) is 28.4. The number of aromatic nitrogens is 7. The van der Waals surface area contributed by atoms with Crippen LogP contribution in [0.5, 0.6) is 0 Å². The second kappa shape index (κ2) is 11.7. The first-order valence-electron chi connectivity index (χ1n) is 16.9. The second-order valence-corrected chi connectivity index (χ2v) is 16.3. The Morgan fingerprint density at radius 2 is 0.784 bits per heavy atom. The molecule has 0 saturated carbocycles. The molecule has 240 valence electrons. The van der Waals surface area contributed by atoms with Gasteiger partial charge in [0.1, 0.15) is 5.45 Å². The minimum absolute atomic E-state index is 0.536. The first kappa shape index (κ1) is 29.2. The van der Waals surface area contributed by atoms with E-state index in [9.17, 15) is 0 Å². The van der Waals surface area contributed by atoms with E-state index in [1.54, 1.807) is 0 Å². The van der Waals surface area contributed by atoms with Crippen LogP contribution in [-0.2, 0) is 0 Å². The van der Waals surface area contributed by atoms with E-state index in [0.717, 1.165) is 49.1 Å². The van der Waals surface area contributed by atoms with Crippen LogP contribution in [0.15, 0.2) is 176 Å². The van der Waals surface area contributed by atoms with Gasteiger partial charge in [-0.1, -0.05) is 127 Å². The Kier molecular flexibility index (Phi) is 6.68. The Morgan fingerprint density at radius 1 is 0.353 bits per heavy atom. The van der Waals surface area contributed by atoms with E-state index in [-0.39, 0.29) is 0 Å². The monoisotopic (exact) mass is 671 g/mol. The van der Waals surface area contributed by atoms with Crippen LogP contribution in [0, 0.1) is 0 Å². The number of nitrogens with zero attached hydrogens (tertiary/aromatic N) is 7. The van der Waals surface area contributed by atoms with Gasteiger partial charge in [0.15, 0.2) is 0 Å². The highest BCUT2D eigenvalue weighted by atomic mass is 28.3. The maximum absolute atomic E-state index is 5.60. The van der Waals surface area contributed by atoms with E-state index in [0.29, 0.717) is 11.9 Å². The smallest absolute Gasteiger partial charge is 0.239 e. The molecule has 5 heterocycles. The van der Waals surface area contributed by atoms with Crippen LogP contribution in [0.3, 0.4) is 0 Å². The quantitative estimate of drug-likeness (QED) is 0.155. The largest absolute Gasteiger partial charge is 0.278 e. The van der Waals surface area contributed by atoms with Gasteiger partial charge in [0.05, 0.1) is 28.3 Å². The van der Waals surface area contributed by atoms with Gasteiger partial charge in [0, 0.05) is 40.1 Å². The third kappa shape index (κ3) is 4.40. The standard InChI is InChI=1S/C43H29N7Si/c1-4-14-30(15-5-1)51(31-16-6-2-7-17-31,32-18-8-3-9-19-32)43-47-41(49-38-23-13-11-21-34(38)36-28-44-27-25-39(36)49)46-42(48-43)50-37-22-12-10-20-33(37)35-24-26-45-29-40(35)50/h1-29H. The SMILES string of the molecule is c1ccc([Si](c2ccccc2)(c2ccccc2)c2nc(-n3c4ccccc4c4cnccc43)nc(-n3c4ccccc4c4ccncc43)n2)cc1. The zero-order valence-electron chi connectivity index (χ0n) is 27.4. The van der Waals surface area contributed by atoms with Crippen molar-refractivity contribution in [2.75, 3.05) is 0 Å². The molecule has 0 amide bonds. The van der Waals surface area contributed by atoms with Crippen molar-refractivity contribution in [3.05, 3.63) is 176 Å². The van der Waals surface area contributed by atoms with Crippen LogP contribution < -0.4 is 21.0 Å². The first-order chi connectivity index (χ1) is 25.3. The molecule has 5 aromatic carbocycles. The summed E-state index contributed by atoms with van der Waals surface area (Å²) in [7, 11) is -3.17. The van der Waals surface area contributed by atoms with Crippen LogP contribution in [0.25, 0.3) is 55.5 Å². The maximum Gasteiger partial charge on any atom is 0.239 e. The number of para-hydroxylation sites is 2. The van der Waals surface area contributed by atoms with Gasteiger partial charge in [-0.15, -0.1) is 0 Å². The first-order valence-corrected chi connectivity index (χ1v) is 18.9. The molecule has 0 atom stereocenters. The van der Waals surface area contributed by atoms with E-state index >= 15 is 0 Å². The van der Waals surface area contributed by atoms with E-state index in [2.05, 4.69) is 165 Å². The predicted molar refractivity (Wildman–Crippen MR) is 208 cm³/mol. The number of fused-ring (bicyclic) bond motifs is 6. The average Bonchev–Trinajstić information content (AvgIpc) is 3.73. The minimum atomic E-state index is -3.17. The second-order valence-electron chi connectivity index (χ2n) is 12.6. The van der Waals surface area contributed by atoms with E-state index in [4.69, 9.17) is 15.0 Å². The Hall–Kier alpha value is -6.77. The fourth-order valence-corrected chi connectivity index (χ4v) is 12.1. The summed E-state index contributed by atoms with van der Waals surface area (Å²) in [6.07, 6.45) is 7.50. The molecule has 0 unspecified atom stereocenters. The summed E-state index contributed by atoms with van der Waals surface area (Å²) in [5.41, 5.74) is 4.64. The van der Waals surface area contributed by atoms with Crippen molar-refractivity contribution in [2.24, 2.45) is 0 Å². The molecule has 8 heteroatoms. The topological polar surface area (TPSA) is 74.3 Å². The van der Waals surface area contributed by atoms with Crippen molar-refractivity contribution in [2.45, 2.75) is 0 Å². The molecule has 10 rings (SSSR count). The number of rotatable bonds is 6. The average molecular weight is 672 g/mol. The molecule has 0 spiro atoms. The minimum Gasteiger partial charge on any atom is -0.278 e. The summed E-state index contributed by atoms with van der Waals surface area (Å²) in [6, 6.07) is 53.2. The normalized spacial score (nSPS) is 11.9. The fraction of sp³-hybridized carbons (Fsp3) is 0. The van der Waals surface area contributed by atoms with Crippen molar-refractivity contribution in [1.29, 1.82) is 0 Å². The van der Waals surface area contributed by atoms with Crippen molar-refractivity contribution in [3.8, 4) is 11.9 Å². The lowest BCUT2D eigenvalue weighted by atomic mass is 10.2. The molecule has 0 bridgehead atoms. The summed E-state index contributed by atoms with van der Waals surface area (Å²) >= 11 is 0. The Bertz CT molecular complexity index is 2530. The van der Waals surface area contributed by atoms with Crippen LogP contribution in [0.4, 0.5) is 0 Å². The highest BCUT2D eigenvalue weighted by molar-refractivity contribution is 7.19. The Morgan fingerprint density at radius 3 is 1.37 bits per heavy atom. The fourth-order valence-electron chi connectivity index (χ4n) is 7.74. The summed E-state index contributed by atoms with van der Waals surface area (Å²) in [4.78, 5) is 25.7. The summed E-state index contributed by atoms with van der Waals surface area (Å²) in [6.45, 7) is 0. The molecule has 5 aromatic heterocycles. The van der Waals surface area contributed by atoms with Crippen LogP contribution in [0.1, 0.15) is 0 Å². The van der Waals surface area contributed by atoms with Crippen LogP contribution >= 0.6 is 0 Å². The highest BCUT2D eigenvalue weighted by Gasteiger charge is 2.45. The van der Waals surface area contributed by atoms with E-state index in [1.165, 1.54) is 15.6 Å². The van der Waals surface area contributed by atoms with Gasteiger partial charge >= 0.3 is 0 Å². The lowest BCUT2D eigenvalue weighted by molar-refractivity contribution is 0.903. The zero-order chi connectivity index (χ0) is 33.8. The molecule has 7 nitrogen and oxygen atoms in total. The van der Waals surface area contributed by atoms with Gasteiger partial charge < -0.3 is 0 Å². The van der Waals surface area contributed by atoms with E-state index in [1.807, 2.05) is 30.9 Å². The highest BCUT2D eigenvalue weighted by Crippen LogP contribution is 2.32. The molecule has 10 aromatic rings. The molecule has 0 saturated heterocycles. The Labute approximate surface area is 294 Å². The van der Waals surface area contributed by atoms with Crippen LogP contribution in [0.2, 0.25) is 0 Å². The Balaban J connectivity index is 1.41. The number of pyridine rings is 2. The van der Waals surface area contributed by atoms with E-state index < -0.39 is 8.07 Å². The molecule has 0 aliphatic heterocycles. The van der Waals surface area contributed by atoms with Gasteiger partial charge in [0.2, 0.25) is 20.0 Å². The molecule has 0 N–H and O–H groups in total. The predicted octanol–water partition coefficient (Wildman–Crippen LogP) is 6.23. The van der Waals surface area contributed by atoms with Crippen molar-refractivity contribution < 1.29 is 0 Å². The lowest BCUT2D eigenvalue weighted by Gasteiger charge is -2.32. The summed E-state index contributed by atoms with van der Waals surface area (Å²) in [5.74, 6) is 1.08. The number of hydrogen-bond acceptors (Lipinski definition) is 5. The molecular formula is C43H29N7Si. The van der Waals surface area contributed by atoms with Gasteiger partial charge in [-0.05, 0) is 39.8 Å². The molecule has 0 aliphatic rings. The summed E-state index contributed by atoms with van der Waals surface area (Å²) in [5, 5.41) is 7.87. The van der Waals surface area contributed by atoms with Crippen LogP contribution in [-0.4, -0.2) is 42.1 Å².